The van der Waals surface area contributed by atoms with E-state index in [0.29, 0.717) is 19.4 Å². The van der Waals surface area contributed by atoms with E-state index >= 15 is 0 Å². The van der Waals surface area contributed by atoms with Crippen LogP contribution >= 0.6 is 0 Å². The Morgan fingerprint density at radius 2 is 1.94 bits per heavy atom. The van der Waals surface area contributed by atoms with Gasteiger partial charge in [0.2, 0.25) is 16.1 Å². The third-order valence-electron chi connectivity index (χ3n) is 3.04. The number of nitro groups is 1. The van der Waals surface area contributed by atoms with Gasteiger partial charge in [0.15, 0.2) is 0 Å². The fourth-order valence-corrected chi connectivity index (χ4v) is 3.59. The molecule has 0 bridgehead atoms. The van der Waals surface area contributed by atoms with Gasteiger partial charge in [0.25, 0.3) is 0 Å². The van der Waals surface area contributed by atoms with E-state index in [1.54, 1.807) is 18.2 Å². The van der Waals surface area contributed by atoms with Gasteiger partial charge in [-0.1, -0.05) is 18.2 Å². The molecule has 1 aliphatic rings. The van der Waals surface area contributed by atoms with Gasteiger partial charge in [-0.25, -0.2) is 8.42 Å². The fourth-order valence-electron chi connectivity index (χ4n) is 2.05. The predicted octanol–water partition coefficient (Wildman–Crippen LogP) is 1.12. The molecule has 98 valence electrons. The molecule has 0 aromatic heterocycles. The first-order valence-corrected chi connectivity index (χ1v) is 7.14. The minimum absolute atomic E-state index is 0.0375. The Labute approximate surface area is 105 Å². The standard InChI is InChI=1S/C11H14N2O4S/c14-13(15)10-5-4-8-12(9-10)18(16,17)11-6-2-1-3-7-11/h1-3,6-7,10H,4-5,8-9H2. The molecule has 2 rings (SSSR count). The Hall–Kier alpha value is -1.47. The second-order valence-corrected chi connectivity index (χ2v) is 6.20. The smallest absolute Gasteiger partial charge is 0.243 e. The first kappa shape index (κ1) is 13.0. The maximum atomic E-state index is 12.3. The van der Waals surface area contributed by atoms with Crippen molar-refractivity contribution in [2.24, 2.45) is 0 Å². The normalized spacial score (nSPS) is 21.7. The third-order valence-corrected chi connectivity index (χ3v) is 4.92. The van der Waals surface area contributed by atoms with Crippen molar-refractivity contribution >= 4 is 10.0 Å². The van der Waals surface area contributed by atoms with Gasteiger partial charge in [-0.2, -0.15) is 4.31 Å². The lowest BCUT2D eigenvalue weighted by Gasteiger charge is -2.27. The number of sulfonamides is 1. The number of rotatable bonds is 3. The van der Waals surface area contributed by atoms with E-state index in [-0.39, 0.29) is 11.4 Å². The van der Waals surface area contributed by atoms with Crippen LogP contribution in [0.2, 0.25) is 0 Å². The Morgan fingerprint density at radius 3 is 2.56 bits per heavy atom. The van der Waals surface area contributed by atoms with Gasteiger partial charge in [0.1, 0.15) is 0 Å². The summed E-state index contributed by atoms with van der Waals surface area (Å²) in [6, 6.07) is 7.23. The quantitative estimate of drug-likeness (QED) is 0.609. The van der Waals surface area contributed by atoms with Gasteiger partial charge in [0, 0.05) is 17.9 Å². The highest BCUT2D eigenvalue weighted by Gasteiger charge is 2.35. The summed E-state index contributed by atoms with van der Waals surface area (Å²) in [5.41, 5.74) is 0. The van der Waals surface area contributed by atoms with E-state index in [2.05, 4.69) is 0 Å². The van der Waals surface area contributed by atoms with Crippen LogP contribution in [0.15, 0.2) is 35.2 Å². The summed E-state index contributed by atoms with van der Waals surface area (Å²) in [5, 5.41) is 10.7. The SMILES string of the molecule is O=[N+]([O-])C1CCCN(S(=O)(=O)c2ccccc2)C1. The van der Waals surface area contributed by atoms with Crippen molar-refractivity contribution in [1.82, 2.24) is 4.31 Å². The monoisotopic (exact) mass is 270 g/mol. The minimum atomic E-state index is -3.60. The van der Waals surface area contributed by atoms with Crippen LogP contribution in [-0.4, -0.2) is 36.8 Å². The van der Waals surface area contributed by atoms with Crippen LogP contribution in [0.25, 0.3) is 0 Å². The maximum absolute atomic E-state index is 12.3. The highest BCUT2D eigenvalue weighted by atomic mass is 32.2. The Kier molecular flexibility index (Phi) is 3.63. The summed E-state index contributed by atoms with van der Waals surface area (Å²) >= 11 is 0. The average Bonchev–Trinajstić information content (AvgIpc) is 2.40. The highest BCUT2D eigenvalue weighted by molar-refractivity contribution is 7.89. The summed E-state index contributed by atoms with van der Waals surface area (Å²) in [7, 11) is -3.60. The van der Waals surface area contributed by atoms with Crippen LogP contribution in [0, 0.1) is 10.1 Å². The van der Waals surface area contributed by atoms with Crippen molar-refractivity contribution in [3.8, 4) is 0 Å². The van der Waals surface area contributed by atoms with Gasteiger partial charge in [-0.3, -0.25) is 10.1 Å². The summed E-state index contributed by atoms with van der Waals surface area (Å²) < 4.78 is 25.7. The first-order valence-electron chi connectivity index (χ1n) is 5.70. The molecule has 1 aromatic carbocycles. The van der Waals surface area contributed by atoms with Gasteiger partial charge in [-0.15, -0.1) is 0 Å². The van der Waals surface area contributed by atoms with Gasteiger partial charge in [0.05, 0.1) is 11.4 Å². The minimum Gasteiger partial charge on any atom is -0.264 e. The number of hydrogen-bond acceptors (Lipinski definition) is 4. The highest BCUT2D eigenvalue weighted by Crippen LogP contribution is 2.21. The summed E-state index contributed by atoms with van der Waals surface area (Å²) in [5.74, 6) is 0. The summed E-state index contributed by atoms with van der Waals surface area (Å²) in [4.78, 5) is 10.5. The summed E-state index contributed by atoms with van der Waals surface area (Å²) in [6.45, 7) is 0.311. The van der Waals surface area contributed by atoms with E-state index in [1.807, 2.05) is 0 Å². The zero-order chi connectivity index (χ0) is 13.2. The lowest BCUT2D eigenvalue weighted by molar-refractivity contribution is -0.525. The lowest BCUT2D eigenvalue weighted by atomic mass is 10.1. The Bertz CT molecular complexity index is 529. The largest absolute Gasteiger partial charge is 0.264 e. The van der Waals surface area contributed by atoms with Crippen molar-refractivity contribution in [2.75, 3.05) is 13.1 Å². The molecule has 7 heteroatoms. The fraction of sp³-hybridized carbons (Fsp3) is 0.455. The van der Waals surface area contributed by atoms with E-state index in [0.717, 1.165) is 0 Å². The average molecular weight is 270 g/mol. The van der Waals surface area contributed by atoms with Gasteiger partial charge in [-0.05, 0) is 18.6 Å². The summed E-state index contributed by atoms with van der Waals surface area (Å²) in [6.07, 6.45) is 0.964. The number of benzene rings is 1. The van der Waals surface area contributed by atoms with Crippen LogP contribution < -0.4 is 0 Å². The molecule has 1 unspecified atom stereocenters. The van der Waals surface area contributed by atoms with E-state index in [4.69, 9.17) is 0 Å². The van der Waals surface area contributed by atoms with Crippen molar-refractivity contribution < 1.29 is 13.3 Å². The molecular weight excluding hydrogens is 256 g/mol. The maximum Gasteiger partial charge on any atom is 0.243 e. The second kappa shape index (κ2) is 5.03. The molecular formula is C11H14N2O4S. The molecule has 0 radical (unpaired) electrons. The van der Waals surface area contributed by atoms with Crippen LogP contribution in [0.3, 0.4) is 0 Å². The molecule has 1 fully saturated rings. The molecule has 1 atom stereocenters. The molecule has 6 nitrogen and oxygen atoms in total. The van der Waals surface area contributed by atoms with Crippen LogP contribution in [0.1, 0.15) is 12.8 Å². The van der Waals surface area contributed by atoms with Gasteiger partial charge >= 0.3 is 0 Å². The van der Waals surface area contributed by atoms with Crippen molar-refractivity contribution in [1.29, 1.82) is 0 Å². The molecule has 0 spiro atoms. The number of piperidine rings is 1. The van der Waals surface area contributed by atoms with Crippen LogP contribution in [-0.2, 0) is 10.0 Å². The molecule has 1 saturated heterocycles. The topological polar surface area (TPSA) is 80.5 Å². The van der Waals surface area contributed by atoms with Gasteiger partial charge < -0.3 is 0 Å². The zero-order valence-corrected chi connectivity index (χ0v) is 10.5. The second-order valence-electron chi connectivity index (χ2n) is 4.26. The Balaban J connectivity index is 2.23. The molecule has 18 heavy (non-hydrogen) atoms. The number of nitrogens with zero attached hydrogens (tertiary/aromatic N) is 2. The molecule has 1 aliphatic heterocycles. The first-order chi connectivity index (χ1) is 8.51. The predicted molar refractivity (Wildman–Crippen MR) is 65.2 cm³/mol. The molecule has 0 saturated carbocycles. The van der Waals surface area contributed by atoms with E-state index in [9.17, 15) is 18.5 Å². The van der Waals surface area contributed by atoms with E-state index < -0.39 is 21.0 Å². The molecule has 0 aliphatic carbocycles. The van der Waals surface area contributed by atoms with Crippen LogP contribution in [0.4, 0.5) is 0 Å². The molecule has 1 aromatic rings. The number of hydrogen-bond donors (Lipinski definition) is 0. The molecule has 0 N–H and O–H groups in total. The Morgan fingerprint density at radius 1 is 1.28 bits per heavy atom. The van der Waals surface area contributed by atoms with Crippen molar-refractivity contribution in [2.45, 2.75) is 23.8 Å². The lowest BCUT2D eigenvalue weighted by Crippen LogP contribution is -2.45. The van der Waals surface area contributed by atoms with E-state index in [1.165, 1.54) is 16.4 Å². The molecule has 1 heterocycles. The van der Waals surface area contributed by atoms with Crippen LogP contribution in [0.5, 0.6) is 0 Å². The third kappa shape index (κ3) is 2.51. The molecule has 0 amide bonds. The van der Waals surface area contributed by atoms with Crippen molar-refractivity contribution in [3.05, 3.63) is 40.4 Å². The zero-order valence-electron chi connectivity index (χ0n) is 9.73. The van der Waals surface area contributed by atoms with Crippen molar-refractivity contribution in [3.63, 3.8) is 0 Å².